The summed E-state index contributed by atoms with van der Waals surface area (Å²) in [6.07, 6.45) is 3.28. The molecule has 0 unspecified atom stereocenters. The maximum Gasteiger partial charge on any atom is 0.0148 e. The Morgan fingerprint density at radius 2 is 0.829 bits per heavy atom. The van der Waals surface area contributed by atoms with E-state index in [1.165, 1.54) is 31.8 Å². The van der Waals surface area contributed by atoms with Crippen molar-refractivity contribution in [1.82, 2.24) is 0 Å². The molecule has 0 atom stereocenters. The van der Waals surface area contributed by atoms with Gasteiger partial charge in [0.25, 0.3) is 0 Å². The molecular weight excluding hydrogens is 598 g/mol. The topological polar surface area (TPSA) is 17.1 Å². The van der Waals surface area contributed by atoms with E-state index in [1.807, 2.05) is 30.3 Å². The average Bonchev–Trinajstić information content (AvgIpc) is 3.72. The van der Waals surface area contributed by atoms with Gasteiger partial charge in [0, 0.05) is 40.4 Å². The van der Waals surface area contributed by atoms with Crippen LogP contribution in [-0.2, 0) is 27.9 Å². The predicted octanol–water partition coefficient (Wildman–Crippen LogP) is 6.32. The van der Waals surface area contributed by atoms with Crippen LogP contribution in [0.15, 0.2) is 170 Å². The fourth-order valence-corrected chi connectivity index (χ4v) is 9.53. The summed E-state index contributed by atoms with van der Waals surface area (Å²) < 4.78 is 9.56. The van der Waals surface area contributed by atoms with Crippen LogP contribution in [0.3, 0.4) is 0 Å². The third-order valence-corrected chi connectivity index (χ3v) is 11.0. The Kier molecular flexibility index (Phi) is 14.2. The first-order valence-electron chi connectivity index (χ1n) is 13.1. The second-order valence-electron chi connectivity index (χ2n) is 9.01. The van der Waals surface area contributed by atoms with Crippen molar-refractivity contribution < 1.29 is 21.3 Å². The summed E-state index contributed by atoms with van der Waals surface area (Å²) in [6.45, 7) is 0. The van der Waals surface area contributed by atoms with Gasteiger partial charge in [0.15, 0.2) is 0 Å². The molecule has 0 spiro atoms. The first-order chi connectivity index (χ1) is 19.6. The van der Waals surface area contributed by atoms with E-state index in [2.05, 4.69) is 140 Å². The minimum Gasteiger partial charge on any atom is -0.748 e. The molecule has 0 radical (unpaired) electrons. The smallest absolute Gasteiger partial charge is 0.0148 e. The van der Waals surface area contributed by atoms with Gasteiger partial charge in [-0.1, -0.05) is 129 Å². The van der Waals surface area contributed by atoms with Crippen molar-refractivity contribution in [3.63, 3.8) is 0 Å². The summed E-state index contributed by atoms with van der Waals surface area (Å²) in [5, 5.41) is 8.51. The van der Waals surface area contributed by atoms with Gasteiger partial charge < -0.3 is 30.3 Å². The van der Waals surface area contributed by atoms with Crippen molar-refractivity contribution in [2.45, 2.75) is 0 Å². The number of hydrogen-bond donors (Lipinski definition) is 0. The molecule has 0 saturated heterocycles. The van der Waals surface area contributed by atoms with Gasteiger partial charge in [0.2, 0.25) is 0 Å². The van der Waals surface area contributed by atoms with E-state index < -0.39 is 26.6 Å². The van der Waals surface area contributed by atoms with Gasteiger partial charge in [-0.25, -0.2) is 12.1 Å². The Morgan fingerprint density at radius 3 is 1.17 bits per heavy atom. The molecule has 0 heterocycles. The summed E-state index contributed by atoms with van der Waals surface area (Å²) in [5.74, 6) is 0. The zero-order valence-electron chi connectivity index (χ0n) is 23.2. The SMILES string of the molecule is CS(C)=O.[Fe].[cH-]1[cH-][cH-][cH-][cH-]1.c1ccc(P(c2ccccc2)c2ccc[c-]2P(c2ccccc2)c2ccccc2)cc1. The fraction of sp³-hybridized carbons (Fsp3) is 0.0556. The second-order valence-corrected chi connectivity index (χ2v) is 14.9. The minimum absolute atomic E-state index is 0. The molecule has 0 amide bonds. The van der Waals surface area contributed by atoms with E-state index in [1.54, 1.807) is 12.5 Å². The summed E-state index contributed by atoms with van der Waals surface area (Å²) in [6, 6.07) is 60.9. The molecule has 6 aromatic carbocycles. The quantitative estimate of drug-likeness (QED) is 0.119. The predicted molar refractivity (Wildman–Crippen MR) is 181 cm³/mol. The molecule has 0 bridgehead atoms. The van der Waals surface area contributed by atoms with E-state index in [9.17, 15) is 4.21 Å². The van der Waals surface area contributed by atoms with E-state index in [4.69, 9.17) is 0 Å². The van der Waals surface area contributed by atoms with Gasteiger partial charge in [0.1, 0.15) is 0 Å². The molecule has 0 saturated carbocycles. The van der Waals surface area contributed by atoms with E-state index in [-0.39, 0.29) is 17.1 Å². The van der Waals surface area contributed by atoms with Crippen LogP contribution in [0.5, 0.6) is 0 Å². The molecule has 0 N–H and O–H groups in total. The molecule has 6 rings (SSSR count). The van der Waals surface area contributed by atoms with E-state index in [0.717, 1.165) is 0 Å². The zero-order chi connectivity index (χ0) is 28.0. The van der Waals surface area contributed by atoms with Crippen LogP contribution in [0, 0.1) is 0 Å². The van der Waals surface area contributed by atoms with Crippen LogP contribution in [0.1, 0.15) is 0 Å². The van der Waals surface area contributed by atoms with Crippen molar-refractivity contribution >= 4 is 58.5 Å². The summed E-state index contributed by atoms with van der Waals surface area (Å²) in [7, 11) is -1.86. The monoisotopic (exact) mass is 632 g/mol. The van der Waals surface area contributed by atoms with Crippen molar-refractivity contribution in [3.8, 4) is 0 Å². The summed E-state index contributed by atoms with van der Waals surface area (Å²) >= 11 is 0. The van der Waals surface area contributed by atoms with Crippen LogP contribution in [0.25, 0.3) is 0 Å². The maximum atomic E-state index is 9.56. The molecule has 0 fully saturated rings. The average molecular weight is 633 g/mol. The first-order valence-corrected chi connectivity index (χ1v) is 17.8. The largest absolute Gasteiger partial charge is 0.748 e. The number of rotatable bonds is 6. The van der Waals surface area contributed by atoms with Gasteiger partial charge in [0.05, 0.1) is 0 Å². The first kappa shape index (κ1) is 32.6. The van der Waals surface area contributed by atoms with Gasteiger partial charge >= 0.3 is 0 Å². The third-order valence-electron chi connectivity index (χ3n) is 5.87. The van der Waals surface area contributed by atoms with Crippen molar-refractivity contribution in [2.75, 3.05) is 12.5 Å². The van der Waals surface area contributed by atoms with Crippen LogP contribution in [0.2, 0.25) is 0 Å². The molecular formula is C36H34FeOP2S-6. The molecule has 0 aliphatic rings. The normalized spacial score (nSPS) is 10.3. The van der Waals surface area contributed by atoms with E-state index in [0.29, 0.717) is 0 Å². The third kappa shape index (κ3) is 9.86. The van der Waals surface area contributed by atoms with Crippen molar-refractivity contribution in [2.24, 2.45) is 0 Å². The van der Waals surface area contributed by atoms with Gasteiger partial charge in [-0.2, -0.15) is 6.07 Å². The summed E-state index contributed by atoms with van der Waals surface area (Å²) in [5.41, 5.74) is 0. The zero-order valence-corrected chi connectivity index (χ0v) is 26.9. The van der Waals surface area contributed by atoms with Crippen molar-refractivity contribution in [1.29, 1.82) is 0 Å². The number of benzene rings is 4. The minimum atomic E-state index is -0.627. The Morgan fingerprint density at radius 1 is 0.512 bits per heavy atom. The summed E-state index contributed by atoms with van der Waals surface area (Å²) in [4.78, 5) is 0. The second kappa shape index (κ2) is 17.8. The Labute approximate surface area is 260 Å². The van der Waals surface area contributed by atoms with Crippen molar-refractivity contribution in [3.05, 3.63) is 170 Å². The van der Waals surface area contributed by atoms with Gasteiger partial charge in [-0.3, -0.25) is 4.21 Å². The molecule has 41 heavy (non-hydrogen) atoms. The Bertz CT molecular complexity index is 1320. The molecule has 5 heteroatoms. The molecule has 6 aromatic rings. The van der Waals surface area contributed by atoms with Crippen LogP contribution in [-0.4, -0.2) is 16.7 Å². The standard InChI is InChI=1S/C29H23P2.C5H5.C2H6OS.Fe/c1-5-14-24(15-6-1)30(25-16-7-2-8-17-25)28-22-13-23-29(28)31(26-18-9-3-10-19-26)27-20-11-4-12-21-27;1-2-4-5-3-1;1-4(2)3;/h1-23H;1-5H;1-2H3;/q-1;-5;;. The maximum absolute atomic E-state index is 9.56. The Balaban J connectivity index is 0.000000400. The fourth-order valence-electron chi connectivity index (χ4n) is 4.26. The van der Waals surface area contributed by atoms with E-state index >= 15 is 0 Å². The molecule has 0 aliphatic heterocycles. The van der Waals surface area contributed by atoms with Crippen LogP contribution in [0.4, 0.5) is 0 Å². The number of hydrogen-bond acceptors (Lipinski definition) is 1. The molecule has 1 nitrogen and oxygen atoms in total. The van der Waals surface area contributed by atoms with Gasteiger partial charge in [-0.15, -0.1) is 10.6 Å². The molecule has 0 aliphatic carbocycles. The molecule has 0 aromatic heterocycles. The van der Waals surface area contributed by atoms with Gasteiger partial charge in [-0.05, 0) is 29.1 Å². The van der Waals surface area contributed by atoms with Crippen LogP contribution < -0.4 is 31.8 Å². The Hall–Kier alpha value is -2.89. The van der Waals surface area contributed by atoms with Crippen LogP contribution >= 0.6 is 15.8 Å². The molecule has 214 valence electrons.